The topological polar surface area (TPSA) is 35.2 Å². The van der Waals surface area contributed by atoms with Crippen molar-refractivity contribution in [1.82, 2.24) is 0 Å². The number of rotatable bonds is 3. The van der Waals surface area contributed by atoms with Crippen LogP contribution < -0.4 is 10.5 Å². The molecule has 0 aromatic heterocycles. The molecule has 0 saturated heterocycles. The molecule has 0 bridgehead atoms. The average molecular weight is 298 g/mol. The molecular formula is C10H11BrF3NO. The lowest BCUT2D eigenvalue weighted by Crippen LogP contribution is -2.28. The third-order valence-corrected chi connectivity index (χ3v) is 2.59. The van der Waals surface area contributed by atoms with Gasteiger partial charge in [0.05, 0.1) is 11.1 Å². The molecule has 0 heterocycles. The highest BCUT2D eigenvalue weighted by molar-refractivity contribution is 9.10. The maximum Gasteiger partial charge on any atom is 0.407 e. The molecule has 0 aliphatic carbocycles. The lowest BCUT2D eigenvalue weighted by Gasteiger charge is -2.17. The Labute approximate surface area is 99.7 Å². The first kappa shape index (κ1) is 13.3. The molecule has 1 unspecified atom stereocenters. The van der Waals surface area contributed by atoms with Crippen LogP contribution in [-0.2, 0) is 0 Å². The number of alkyl halides is 3. The van der Waals surface area contributed by atoms with Crippen LogP contribution in [0.4, 0.5) is 13.2 Å². The molecule has 1 rings (SSSR count). The minimum Gasteiger partial charge on any atom is -0.493 e. The number of hydrogen-bond acceptors (Lipinski definition) is 2. The fourth-order valence-electron chi connectivity index (χ4n) is 1.17. The second kappa shape index (κ2) is 5.05. The van der Waals surface area contributed by atoms with E-state index in [4.69, 9.17) is 10.5 Å². The Kier molecular flexibility index (Phi) is 4.21. The van der Waals surface area contributed by atoms with Crippen LogP contribution in [0.1, 0.15) is 18.5 Å². The number of nitrogens with two attached hydrogens (primary N) is 1. The van der Waals surface area contributed by atoms with Gasteiger partial charge in [-0.3, -0.25) is 0 Å². The molecule has 1 aromatic carbocycles. The summed E-state index contributed by atoms with van der Waals surface area (Å²) in [5, 5.41) is 0. The predicted octanol–water partition coefficient (Wildman–Crippen LogP) is 3.41. The maximum absolute atomic E-state index is 12.3. The van der Waals surface area contributed by atoms with E-state index in [2.05, 4.69) is 15.9 Å². The van der Waals surface area contributed by atoms with Crippen molar-refractivity contribution in [2.24, 2.45) is 5.73 Å². The van der Waals surface area contributed by atoms with Crippen molar-refractivity contribution in [2.75, 3.05) is 6.61 Å². The molecule has 2 nitrogen and oxygen atoms in total. The van der Waals surface area contributed by atoms with E-state index in [1.165, 1.54) is 18.2 Å². The summed E-state index contributed by atoms with van der Waals surface area (Å²) in [6.07, 6.45) is -4.44. The molecule has 1 atom stereocenters. The second-order valence-corrected chi connectivity index (χ2v) is 4.00. The summed E-state index contributed by atoms with van der Waals surface area (Å²) < 4.78 is 42.7. The lowest BCUT2D eigenvalue weighted by atomic mass is 10.1. The zero-order valence-electron chi connectivity index (χ0n) is 8.51. The zero-order chi connectivity index (χ0) is 12.3. The molecule has 0 aliphatic heterocycles. The highest BCUT2D eigenvalue weighted by atomic mass is 79.9. The van der Waals surface area contributed by atoms with Gasteiger partial charge in [0.2, 0.25) is 0 Å². The summed E-state index contributed by atoms with van der Waals surface area (Å²) >= 11 is 3.14. The first-order valence-corrected chi connectivity index (χ1v) is 5.40. The minimum absolute atomic E-state index is 0.00262. The first-order valence-electron chi connectivity index (χ1n) is 4.60. The van der Waals surface area contributed by atoms with Gasteiger partial charge < -0.3 is 10.5 Å². The van der Waals surface area contributed by atoms with Crippen LogP contribution in [-0.4, -0.2) is 12.8 Å². The number of ether oxygens (including phenoxy) is 1. The minimum atomic E-state index is -4.44. The van der Waals surface area contributed by atoms with Crippen LogP contribution in [0, 0.1) is 0 Å². The Balaban J connectivity index is 2.97. The van der Waals surface area contributed by atoms with Crippen molar-refractivity contribution >= 4 is 15.9 Å². The molecule has 0 aliphatic rings. The van der Waals surface area contributed by atoms with Gasteiger partial charge in [0.1, 0.15) is 11.8 Å². The van der Waals surface area contributed by atoms with Gasteiger partial charge in [0.15, 0.2) is 0 Å². The Hall–Kier alpha value is -0.750. The van der Waals surface area contributed by atoms with E-state index < -0.39 is 12.2 Å². The SMILES string of the molecule is CCOc1ccc(C(N)C(F)(F)F)cc1Br. The molecule has 1 aromatic rings. The van der Waals surface area contributed by atoms with Crippen LogP contribution in [0.2, 0.25) is 0 Å². The number of benzene rings is 1. The molecule has 0 radical (unpaired) electrons. The maximum atomic E-state index is 12.3. The fraction of sp³-hybridized carbons (Fsp3) is 0.400. The normalized spacial score (nSPS) is 13.6. The van der Waals surface area contributed by atoms with E-state index in [1.807, 2.05) is 0 Å². The molecular weight excluding hydrogens is 287 g/mol. The molecule has 90 valence electrons. The summed E-state index contributed by atoms with van der Waals surface area (Å²) in [5.41, 5.74) is 5.08. The van der Waals surface area contributed by atoms with Gasteiger partial charge in [0, 0.05) is 0 Å². The molecule has 0 fully saturated rings. The average Bonchev–Trinajstić information content (AvgIpc) is 2.19. The number of halogens is 4. The van der Waals surface area contributed by atoms with Crippen LogP contribution in [0.25, 0.3) is 0 Å². The molecule has 16 heavy (non-hydrogen) atoms. The van der Waals surface area contributed by atoms with Gasteiger partial charge in [0.25, 0.3) is 0 Å². The van der Waals surface area contributed by atoms with E-state index in [0.717, 1.165) is 0 Å². The van der Waals surface area contributed by atoms with Crippen molar-refractivity contribution in [3.63, 3.8) is 0 Å². The van der Waals surface area contributed by atoms with Crippen LogP contribution in [0.15, 0.2) is 22.7 Å². The van der Waals surface area contributed by atoms with Crippen molar-refractivity contribution in [2.45, 2.75) is 19.1 Å². The number of hydrogen-bond donors (Lipinski definition) is 1. The Morgan fingerprint density at radius 1 is 1.44 bits per heavy atom. The van der Waals surface area contributed by atoms with Gasteiger partial charge in [-0.2, -0.15) is 13.2 Å². The van der Waals surface area contributed by atoms with Crippen LogP contribution in [0.3, 0.4) is 0 Å². The van der Waals surface area contributed by atoms with Crippen LogP contribution >= 0.6 is 15.9 Å². The summed E-state index contributed by atoms with van der Waals surface area (Å²) in [6, 6.07) is 2.13. The standard InChI is InChI=1S/C10H11BrF3NO/c1-2-16-8-4-3-6(5-7(8)11)9(15)10(12,13)14/h3-5,9H,2,15H2,1H3. The quantitative estimate of drug-likeness (QED) is 0.928. The second-order valence-electron chi connectivity index (χ2n) is 3.14. The van der Waals surface area contributed by atoms with Crippen molar-refractivity contribution in [1.29, 1.82) is 0 Å². The first-order chi connectivity index (χ1) is 7.36. The fourth-order valence-corrected chi connectivity index (χ4v) is 1.68. The van der Waals surface area contributed by atoms with Gasteiger partial charge in [-0.05, 0) is 40.5 Å². The smallest absolute Gasteiger partial charge is 0.407 e. The third-order valence-electron chi connectivity index (χ3n) is 1.97. The summed E-state index contributed by atoms with van der Waals surface area (Å²) in [6.45, 7) is 2.24. The Morgan fingerprint density at radius 2 is 2.06 bits per heavy atom. The molecule has 2 N–H and O–H groups in total. The highest BCUT2D eigenvalue weighted by Crippen LogP contribution is 2.34. The molecule has 0 saturated carbocycles. The van der Waals surface area contributed by atoms with E-state index >= 15 is 0 Å². The van der Waals surface area contributed by atoms with Gasteiger partial charge >= 0.3 is 6.18 Å². The van der Waals surface area contributed by atoms with Crippen LogP contribution in [0.5, 0.6) is 5.75 Å². The van der Waals surface area contributed by atoms with Crippen molar-refractivity contribution in [3.05, 3.63) is 28.2 Å². The van der Waals surface area contributed by atoms with Gasteiger partial charge in [-0.15, -0.1) is 0 Å². The molecule has 0 spiro atoms. The van der Waals surface area contributed by atoms with E-state index in [0.29, 0.717) is 16.8 Å². The highest BCUT2D eigenvalue weighted by Gasteiger charge is 2.37. The third kappa shape index (κ3) is 3.12. The van der Waals surface area contributed by atoms with E-state index in [1.54, 1.807) is 6.92 Å². The summed E-state index contributed by atoms with van der Waals surface area (Å²) in [4.78, 5) is 0. The predicted molar refractivity (Wildman–Crippen MR) is 58.3 cm³/mol. The Morgan fingerprint density at radius 3 is 2.50 bits per heavy atom. The lowest BCUT2D eigenvalue weighted by molar-refractivity contribution is -0.149. The largest absolute Gasteiger partial charge is 0.493 e. The monoisotopic (exact) mass is 297 g/mol. The van der Waals surface area contributed by atoms with Gasteiger partial charge in [-0.25, -0.2) is 0 Å². The Bertz CT molecular complexity index is 368. The molecule has 6 heteroatoms. The molecule has 0 amide bonds. The zero-order valence-corrected chi connectivity index (χ0v) is 10.1. The van der Waals surface area contributed by atoms with Gasteiger partial charge in [-0.1, -0.05) is 6.07 Å². The summed E-state index contributed by atoms with van der Waals surface area (Å²) in [7, 11) is 0. The van der Waals surface area contributed by atoms with E-state index in [-0.39, 0.29) is 5.56 Å². The van der Waals surface area contributed by atoms with E-state index in [9.17, 15) is 13.2 Å². The van der Waals surface area contributed by atoms with Crippen molar-refractivity contribution < 1.29 is 17.9 Å². The van der Waals surface area contributed by atoms with Crippen molar-refractivity contribution in [3.8, 4) is 5.75 Å². The summed E-state index contributed by atoms with van der Waals surface area (Å²) in [5.74, 6) is 0.501.